The summed E-state index contributed by atoms with van der Waals surface area (Å²) < 4.78 is 0.903. The molecule has 1 unspecified atom stereocenters. The Morgan fingerprint density at radius 3 is 2.14 bits per heavy atom. The van der Waals surface area contributed by atoms with E-state index >= 15 is 0 Å². The topological polar surface area (TPSA) is 57.6 Å². The SMILES string of the molecule is CCc1ccc(C2/C(=C(/O)c3ccc(Br)c(C)c3)C(=O)C(=O)N2c2ccc(C(C)(C)C)cc2)cc1. The minimum atomic E-state index is -0.731. The second-order valence-electron chi connectivity index (χ2n) is 10.0. The summed E-state index contributed by atoms with van der Waals surface area (Å²) in [6.07, 6.45) is 0.882. The first-order valence-corrected chi connectivity index (χ1v) is 12.6. The lowest BCUT2D eigenvalue weighted by Crippen LogP contribution is -2.29. The van der Waals surface area contributed by atoms with Crippen molar-refractivity contribution >= 4 is 39.1 Å². The average Bonchev–Trinajstić information content (AvgIpc) is 3.10. The summed E-state index contributed by atoms with van der Waals surface area (Å²) in [5.41, 5.74) is 5.16. The van der Waals surface area contributed by atoms with Crippen LogP contribution in [0.2, 0.25) is 0 Å². The largest absolute Gasteiger partial charge is 0.507 e. The first-order valence-electron chi connectivity index (χ1n) is 11.8. The van der Waals surface area contributed by atoms with Gasteiger partial charge >= 0.3 is 0 Å². The van der Waals surface area contributed by atoms with Crippen LogP contribution < -0.4 is 4.90 Å². The molecular formula is C30H30BrNO3. The maximum atomic E-state index is 13.4. The van der Waals surface area contributed by atoms with Gasteiger partial charge in [0.2, 0.25) is 0 Å². The van der Waals surface area contributed by atoms with Gasteiger partial charge in [0.15, 0.2) is 0 Å². The zero-order valence-corrected chi connectivity index (χ0v) is 22.3. The van der Waals surface area contributed by atoms with E-state index in [1.165, 1.54) is 4.90 Å². The van der Waals surface area contributed by atoms with Crippen LogP contribution in [-0.2, 0) is 21.4 Å². The second kappa shape index (κ2) is 9.46. The Labute approximate surface area is 215 Å². The Balaban J connectivity index is 1.91. The Morgan fingerprint density at radius 2 is 1.60 bits per heavy atom. The van der Waals surface area contributed by atoms with E-state index in [1.807, 2.05) is 67.6 Å². The minimum Gasteiger partial charge on any atom is -0.507 e. The number of Topliss-reactive ketones (excluding diaryl/α,β-unsaturated/α-hetero) is 1. The summed E-state index contributed by atoms with van der Waals surface area (Å²) in [4.78, 5) is 28.3. The van der Waals surface area contributed by atoms with E-state index < -0.39 is 17.7 Å². The van der Waals surface area contributed by atoms with Gasteiger partial charge in [-0.15, -0.1) is 0 Å². The van der Waals surface area contributed by atoms with Crippen LogP contribution in [0.15, 0.2) is 76.8 Å². The van der Waals surface area contributed by atoms with Gasteiger partial charge in [-0.2, -0.15) is 0 Å². The predicted molar refractivity (Wildman–Crippen MR) is 145 cm³/mol. The molecule has 0 aromatic heterocycles. The molecule has 1 heterocycles. The maximum Gasteiger partial charge on any atom is 0.300 e. The van der Waals surface area contributed by atoms with Gasteiger partial charge in [-0.25, -0.2) is 0 Å². The highest BCUT2D eigenvalue weighted by atomic mass is 79.9. The fraction of sp³-hybridized carbons (Fsp3) is 0.267. The van der Waals surface area contributed by atoms with Gasteiger partial charge in [0.05, 0.1) is 11.6 Å². The van der Waals surface area contributed by atoms with Crippen molar-refractivity contribution in [3.8, 4) is 0 Å². The summed E-state index contributed by atoms with van der Waals surface area (Å²) in [6, 6.07) is 20.3. The first kappa shape index (κ1) is 24.9. The molecule has 1 amide bonds. The fourth-order valence-electron chi connectivity index (χ4n) is 4.42. The number of rotatable bonds is 4. The molecule has 0 spiro atoms. The zero-order chi connectivity index (χ0) is 25.5. The quantitative estimate of drug-likeness (QED) is 0.219. The molecule has 1 saturated heterocycles. The molecule has 0 aliphatic carbocycles. The van der Waals surface area contributed by atoms with E-state index in [4.69, 9.17) is 0 Å². The van der Waals surface area contributed by atoms with Crippen molar-refractivity contribution in [2.24, 2.45) is 0 Å². The fourth-order valence-corrected chi connectivity index (χ4v) is 4.67. The molecule has 1 fully saturated rings. The normalized spacial score (nSPS) is 17.8. The number of hydrogen-bond acceptors (Lipinski definition) is 3. The van der Waals surface area contributed by atoms with Crippen LogP contribution in [0.5, 0.6) is 0 Å². The molecular weight excluding hydrogens is 502 g/mol. The smallest absolute Gasteiger partial charge is 0.300 e. The molecule has 3 aromatic carbocycles. The lowest BCUT2D eigenvalue weighted by Gasteiger charge is -2.27. The van der Waals surface area contributed by atoms with Crippen molar-refractivity contribution in [2.75, 3.05) is 4.90 Å². The van der Waals surface area contributed by atoms with Crippen molar-refractivity contribution in [3.63, 3.8) is 0 Å². The molecule has 180 valence electrons. The number of aryl methyl sites for hydroxylation is 2. The summed E-state index contributed by atoms with van der Waals surface area (Å²) in [7, 11) is 0. The van der Waals surface area contributed by atoms with Gasteiger partial charge in [0.25, 0.3) is 11.7 Å². The number of amides is 1. The molecule has 4 rings (SSSR count). The third kappa shape index (κ3) is 4.70. The third-order valence-corrected chi connectivity index (χ3v) is 7.48. The molecule has 1 atom stereocenters. The Kier molecular flexibility index (Phi) is 6.74. The highest BCUT2D eigenvalue weighted by Gasteiger charge is 2.47. The Morgan fingerprint density at radius 1 is 0.971 bits per heavy atom. The van der Waals surface area contributed by atoms with Gasteiger partial charge in [0.1, 0.15) is 5.76 Å². The van der Waals surface area contributed by atoms with Crippen molar-refractivity contribution < 1.29 is 14.7 Å². The van der Waals surface area contributed by atoms with Crippen molar-refractivity contribution in [2.45, 2.75) is 52.5 Å². The van der Waals surface area contributed by atoms with E-state index in [-0.39, 0.29) is 16.7 Å². The van der Waals surface area contributed by atoms with Crippen LogP contribution >= 0.6 is 15.9 Å². The molecule has 35 heavy (non-hydrogen) atoms. The number of anilines is 1. The molecule has 1 N–H and O–H groups in total. The zero-order valence-electron chi connectivity index (χ0n) is 20.7. The summed E-state index contributed by atoms with van der Waals surface area (Å²) in [6.45, 7) is 10.4. The molecule has 0 saturated carbocycles. The van der Waals surface area contributed by atoms with Crippen LogP contribution in [0.1, 0.15) is 61.6 Å². The first-order chi connectivity index (χ1) is 16.5. The standard InChI is InChI=1S/C30H30BrNO3/c1-6-19-7-9-20(10-8-19)26-25(27(33)21-11-16-24(31)18(2)17-21)28(34)29(35)32(26)23-14-12-22(13-15-23)30(3,4)5/h7-17,26,33H,6H2,1-5H3/b27-25-. The summed E-state index contributed by atoms with van der Waals surface area (Å²) in [5, 5.41) is 11.3. The Bertz CT molecular complexity index is 1320. The number of aliphatic hydroxyl groups excluding tert-OH is 1. The van der Waals surface area contributed by atoms with Gasteiger partial charge in [0, 0.05) is 15.7 Å². The number of benzene rings is 3. The number of carbonyl (C=O) groups is 2. The number of aliphatic hydroxyl groups is 1. The number of nitrogens with zero attached hydrogens (tertiary/aromatic N) is 1. The number of carbonyl (C=O) groups excluding carboxylic acids is 2. The monoisotopic (exact) mass is 531 g/mol. The van der Waals surface area contributed by atoms with E-state index in [2.05, 4.69) is 43.6 Å². The lowest BCUT2D eigenvalue weighted by atomic mass is 9.87. The minimum absolute atomic E-state index is 0.0402. The molecule has 4 nitrogen and oxygen atoms in total. The highest BCUT2D eigenvalue weighted by Crippen LogP contribution is 2.42. The van der Waals surface area contributed by atoms with Crippen molar-refractivity contribution in [3.05, 3.63) is 105 Å². The summed E-state index contributed by atoms with van der Waals surface area (Å²) >= 11 is 3.48. The second-order valence-corrected chi connectivity index (χ2v) is 10.9. The van der Waals surface area contributed by atoms with E-state index in [0.717, 1.165) is 33.1 Å². The average molecular weight is 532 g/mol. The number of ketones is 1. The van der Waals surface area contributed by atoms with E-state index in [1.54, 1.807) is 6.07 Å². The molecule has 0 radical (unpaired) electrons. The molecule has 0 bridgehead atoms. The summed E-state index contributed by atoms with van der Waals surface area (Å²) in [5.74, 6) is -1.50. The van der Waals surface area contributed by atoms with Crippen LogP contribution in [0.3, 0.4) is 0 Å². The van der Waals surface area contributed by atoms with Crippen molar-refractivity contribution in [1.29, 1.82) is 0 Å². The molecule has 1 aliphatic rings. The molecule has 3 aromatic rings. The Hall–Kier alpha value is -3.18. The van der Waals surface area contributed by atoms with E-state index in [0.29, 0.717) is 11.3 Å². The van der Waals surface area contributed by atoms with E-state index in [9.17, 15) is 14.7 Å². The predicted octanol–water partition coefficient (Wildman–Crippen LogP) is 7.24. The number of hydrogen-bond donors (Lipinski definition) is 1. The number of halogens is 1. The van der Waals surface area contributed by atoms with Gasteiger partial charge in [-0.05, 0) is 65.3 Å². The third-order valence-electron chi connectivity index (χ3n) is 6.59. The van der Waals surface area contributed by atoms with Gasteiger partial charge < -0.3 is 5.11 Å². The van der Waals surface area contributed by atoms with Crippen LogP contribution in [0.4, 0.5) is 5.69 Å². The van der Waals surface area contributed by atoms with Gasteiger partial charge in [-0.1, -0.05) is 86.1 Å². The molecule has 1 aliphatic heterocycles. The lowest BCUT2D eigenvalue weighted by molar-refractivity contribution is -0.132. The van der Waals surface area contributed by atoms with Crippen LogP contribution in [-0.4, -0.2) is 16.8 Å². The van der Waals surface area contributed by atoms with Crippen LogP contribution in [0, 0.1) is 6.92 Å². The molecule has 5 heteroatoms. The van der Waals surface area contributed by atoms with Crippen molar-refractivity contribution in [1.82, 2.24) is 0 Å². The highest BCUT2D eigenvalue weighted by molar-refractivity contribution is 9.10. The van der Waals surface area contributed by atoms with Crippen LogP contribution in [0.25, 0.3) is 5.76 Å². The maximum absolute atomic E-state index is 13.4. The van der Waals surface area contributed by atoms with Gasteiger partial charge in [-0.3, -0.25) is 14.5 Å².